The Balaban J connectivity index is 2.55. The van der Waals surface area contributed by atoms with Crippen molar-refractivity contribution in [2.24, 2.45) is 5.92 Å². The van der Waals surface area contributed by atoms with Gasteiger partial charge < -0.3 is 102 Å². The maximum atomic E-state index is 12.0. The molecular formula is C17H41O39P9. The molecule has 0 bridgehead atoms. The minimum atomic E-state index is -6.13. The van der Waals surface area contributed by atoms with E-state index in [4.69, 9.17) is 14.2 Å². The maximum Gasteiger partial charge on any atom is 0.470 e. The summed E-state index contributed by atoms with van der Waals surface area (Å²) in [5.74, 6) is -1.92. The topological polar surface area (TPSA) is 629 Å². The predicted molar refractivity (Wildman–Crippen MR) is 192 cm³/mol. The molecule has 39 nitrogen and oxygen atoms in total. The van der Waals surface area contributed by atoms with Crippen molar-refractivity contribution in [1.82, 2.24) is 0 Å². The van der Waals surface area contributed by atoms with Crippen LogP contribution in [0.1, 0.15) is 6.92 Å². The van der Waals surface area contributed by atoms with E-state index in [-0.39, 0.29) is 0 Å². The van der Waals surface area contributed by atoms with Gasteiger partial charge >= 0.3 is 70.4 Å². The minimum absolute atomic E-state index is 0.818. The number of phosphoric ester groups is 9. The van der Waals surface area contributed by atoms with E-state index >= 15 is 0 Å². The number of phosphoric acid groups is 9. The van der Waals surface area contributed by atoms with Crippen LogP contribution in [0.3, 0.4) is 0 Å². The second-order valence-corrected chi connectivity index (χ2v) is 23.4. The Bertz CT molecular complexity index is 1950. The molecule has 0 amide bonds. The van der Waals surface area contributed by atoms with Gasteiger partial charge in [0.2, 0.25) is 0 Å². The van der Waals surface area contributed by atoms with Crippen molar-refractivity contribution < 1.29 is 184 Å². The van der Waals surface area contributed by atoms with Crippen LogP contribution in [0.4, 0.5) is 0 Å². The first-order valence-electron chi connectivity index (χ1n) is 16.2. The molecule has 48 heteroatoms. The summed E-state index contributed by atoms with van der Waals surface area (Å²) in [6, 6.07) is 0. The molecule has 2 aliphatic carbocycles. The van der Waals surface area contributed by atoms with Crippen LogP contribution in [-0.4, -0.2) is 182 Å². The highest BCUT2D eigenvalue weighted by molar-refractivity contribution is 7.48. The van der Waals surface area contributed by atoms with Crippen LogP contribution < -0.4 is 0 Å². The molecule has 18 N–H and O–H groups in total. The molecule has 0 aromatic rings. The summed E-state index contributed by atoms with van der Waals surface area (Å²) in [5.41, 5.74) is 0. The molecule has 388 valence electrons. The summed E-state index contributed by atoms with van der Waals surface area (Å²) in [4.78, 5) is 172. The Hall–Kier alpha value is 0.870. The first-order chi connectivity index (χ1) is 28.8. The number of rotatable bonds is 26. The number of hydrogen-bond donors (Lipinski definition) is 18. The zero-order chi connectivity index (χ0) is 50.7. The van der Waals surface area contributed by atoms with Crippen molar-refractivity contribution in [3.05, 3.63) is 0 Å². The Morgan fingerprint density at radius 1 is 0.262 bits per heavy atom. The van der Waals surface area contributed by atoms with E-state index in [0.717, 1.165) is 6.92 Å². The summed E-state index contributed by atoms with van der Waals surface area (Å²) in [6.45, 7) is -3.21. The van der Waals surface area contributed by atoms with Gasteiger partial charge in [0, 0.05) is 5.92 Å². The molecule has 65 heavy (non-hydrogen) atoms. The lowest BCUT2D eigenvalue weighted by molar-refractivity contribution is -0.221. The highest BCUT2D eigenvalue weighted by atomic mass is 31.2. The van der Waals surface area contributed by atoms with E-state index in [9.17, 15) is 129 Å². The lowest BCUT2D eigenvalue weighted by atomic mass is 9.79. The fraction of sp³-hybridized carbons (Fsp3) is 1.00. The van der Waals surface area contributed by atoms with Crippen LogP contribution in [0.2, 0.25) is 0 Å². The first-order valence-corrected chi connectivity index (χ1v) is 30.0. The zero-order valence-corrected chi connectivity index (χ0v) is 39.5. The summed E-state index contributed by atoms with van der Waals surface area (Å²) in [5, 5.41) is 0. The van der Waals surface area contributed by atoms with Gasteiger partial charge in [-0.05, 0) is 0 Å². The van der Waals surface area contributed by atoms with E-state index in [1.165, 1.54) is 0 Å². The molecule has 0 aliphatic heterocycles. The highest BCUT2D eigenvalue weighted by Gasteiger charge is 2.62. The average molecular weight is 1150 g/mol. The van der Waals surface area contributed by atoms with E-state index in [1.54, 1.807) is 0 Å². The van der Waals surface area contributed by atoms with E-state index in [2.05, 4.69) is 40.7 Å². The van der Waals surface area contributed by atoms with Crippen molar-refractivity contribution in [1.29, 1.82) is 0 Å². The Morgan fingerprint density at radius 3 is 0.631 bits per heavy atom. The van der Waals surface area contributed by atoms with Crippen molar-refractivity contribution >= 4 is 70.4 Å². The minimum Gasteiger partial charge on any atom is -0.377 e. The molecule has 3 unspecified atom stereocenters. The van der Waals surface area contributed by atoms with Crippen LogP contribution in [0, 0.1) is 5.92 Å². The third-order valence-corrected chi connectivity index (χ3v) is 12.3. The fourth-order valence-corrected chi connectivity index (χ4v) is 11.2. The normalized spacial score (nSPS) is 30.7. The van der Waals surface area contributed by atoms with Crippen LogP contribution in [0.5, 0.6) is 0 Å². The molecule has 12 atom stereocenters. The molecule has 2 fully saturated rings. The standard InChI is InChI=1S/C17H41O39P9/c1-6-7(48-57(18,19)20)9(12(51-60(27,28)29)11(50-59(24,25)26)8(6)49-58(21,22)23)46-4-2-45-3-5-47-10-13(52-61(30,31)32)15(54-63(36,37)38)17(56-65(42,43)44)16(55-64(39,40)41)14(10)53-62(33,34)35/h6-17H,2-5H2,1H3,(H2,18,19,20)(H2,21,22,23)(H2,24,25,26)(H2,27,28,29)(H2,30,31,32)(H2,33,34,35)(H2,36,37,38)(H2,39,40,41)(H2,42,43,44)/t6-,7-,8+,9-,10?,11-,12-,13+,14?,15-,16+,17?/m1/s1. The summed E-state index contributed by atoms with van der Waals surface area (Å²) in [6.07, 6.45) is -30.9. The van der Waals surface area contributed by atoms with Crippen molar-refractivity contribution in [2.75, 3.05) is 26.4 Å². The Morgan fingerprint density at radius 2 is 0.415 bits per heavy atom. The SMILES string of the molecule is C[C@@H]1[C@@H](OP(=O)(O)O)[C@@H](OCCOCCOC2C(OP(=O)(O)O)[C@H](OP(=O)(O)O)C(OP(=O)(O)O)[C@H](OP(=O)(O)O)[C@H]2OP(=O)(O)O)[C@@H](OP(=O)(O)O)[C@H](OP(=O)(O)O)[C@H]1OP(=O)(O)O. The average Bonchev–Trinajstić information content (AvgIpc) is 3.01. The fourth-order valence-electron chi connectivity index (χ4n) is 6.01. The van der Waals surface area contributed by atoms with Crippen LogP contribution in [0.25, 0.3) is 0 Å². The van der Waals surface area contributed by atoms with Crippen molar-refractivity contribution in [2.45, 2.75) is 74.1 Å². The molecule has 0 saturated heterocycles. The van der Waals surface area contributed by atoms with Gasteiger partial charge in [-0.1, -0.05) is 6.92 Å². The molecular weight excluding hydrogens is 1110 g/mol. The third-order valence-electron chi connectivity index (χ3n) is 7.68. The molecule has 2 saturated carbocycles. The Kier molecular flexibility index (Phi) is 22.1. The van der Waals surface area contributed by atoms with E-state index < -0.39 is 170 Å². The van der Waals surface area contributed by atoms with E-state index in [0.29, 0.717) is 0 Å². The molecule has 0 aromatic heterocycles. The highest BCUT2D eigenvalue weighted by Crippen LogP contribution is 2.57. The summed E-state index contributed by atoms with van der Waals surface area (Å²) >= 11 is 0. The van der Waals surface area contributed by atoms with Gasteiger partial charge in [0.25, 0.3) is 0 Å². The maximum absolute atomic E-state index is 12.0. The van der Waals surface area contributed by atoms with Crippen LogP contribution in [-0.2, 0) is 96.0 Å². The van der Waals surface area contributed by atoms with Gasteiger partial charge in [-0.3, -0.25) is 40.7 Å². The predicted octanol–water partition coefficient (Wildman–Crippen LogP) is -4.26. The van der Waals surface area contributed by atoms with Crippen LogP contribution in [0.15, 0.2) is 0 Å². The largest absolute Gasteiger partial charge is 0.470 e. The monoisotopic (exact) mass is 1150 g/mol. The lowest BCUT2D eigenvalue weighted by Gasteiger charge is -2.48. The van der Waals surface area contributed by atoms with Crippen molar-refractivity contribution in [3.63, 3.8) is 0 Å². The van der Waals surface area contributed by atoms with Gasteiger partial charge in [-0.25, -0.2) is 41.1 Å². The van der Waals surface area contributed by atoms with Crippen molar-refractivity contribution in [3.8, 4) is 0 Å². The van der Waals surface area contributed by atoms with Gasteiger partial charge in [0.05, 0.1) is 26.4 Å². The Labute approximate surface area is 360 Å². The molecule has 0 aromatic carbocycles. The number of hydrogen-bond acceptors (Lipinski definition) is 21. The molecule has 0 heterocycles. The quantitative estimate of drug-likeness (QED) is 0.0288. The van der Waals surface area contributed by atoms with Gasteiger partial charge in [0.1, 0.15) is 67.1 Å². The summed E-state index contributed by atoms with van der Waals surface area (Å²) < 4.78 is 163. The smallest absolute Gasteiger partial charge is 0.377 e. The molecule has 2 aliphatic rings. The second kappa shape index (κ2) is 23.2. The van der Waals surface area contributed by atoms with Gasteiger partial charge in [0.15, 0.2) is 0 Å². The van der Waals surface area contributed by atoms with Gasteiger partial charge in [-0.15, -0.1) is 0 Å². The lowest BCUT2D eigenvalue weighted by Crippen LogP contribution is -2.66. The third kappa shape index (κ3) is 23.8. The first kappa shape index (κ1) is 62.0. The number of ether oxygens (including phenoxy) is 3. The van der Waals surface area contributed by atoms with Gasteiger partial charge in [-0.2, -0.15) is 0 Å². The summed E-state index contributed by atoms with van der Waals surface area (Å²) in [7, 11) is -53.9. The van der Waals surface area contributed by atoms with Crippen LogP contribution >= 0.6 is 70.4 Å². The zero-order valence-electron chi connectivity index (χ0n) is 31.4. The van der Waals surface area contributed by atoms with E-state index in [1.807, 2.05) is 0 Å². The molecule has 0 spiro atoms. The molecule has 0 radical (unpaired) electrons. The molecule has 2 rings (SSSR count). The second-order valence-electron chi connectivity index (χ2n) is 12.7.